The molecule has 0 heterocycles. The average Bonchev–Trinajstić information content (AvgIpc) is 2.70. The van der Waals surface area contributed by atoms with Gasteiger partial charge in [0.1, 0.15) is 12.4 Å². The van der Waals surface area contributed by atoms with E-state index in [9.17, 15) is 13.2 Å². The fraction of sp³-hybridized carbons (Fsp3) is 0.381. The maximum absolute atomic E-state index is 12.2. The molecule has 0 aliphatic rings. The zero-order valence-corrected chi connectivity index (χ0v) is 16.3. The number of benzene rings is 2. The molecule has 5 nitrogen and oxygen atoms in total. The molecule has 2 N–H and O–H groups in total. The van der Waals surface area contributed by atoms with E-state index in [-0.39, 0.29) is 6.61 Å². The molecule has 29 heavy (non-hydrogen) atoms. The van der Waals surface area contributed by atoms with Crippen LogP contribution in [-0.4, -0.2) is 38.9 Å². The van der Waals surface area contributed by atoms with Gasteiger partial charge in [-0.05, 0) is 29.7 Å². The summed E-state index contributed by atoms with van der Waals surface area (Å²) < 4.78 is 46.8. The van der Waals surface area contributed by atoms with Gasteiger partial charge in [-0.2, -0.15) is 13.2 Å². The van der Waals surface area contributed by atoms with Gasteiger partial charge in [-0.1, -0.05) is 42.5 Å². The number of rotatable bonds is 10. The van der Waals surface area contributed by atoms with Crippen LogP contribution in [0.15, 0.2) is 59.6 Å². The Morgan fingerprint density at radius 3 is 2.48 bits per heavy atom. The second kappa shape index (κ2) is 12.0. The normalized spacial score (nSPS) is 11.9. The molecule has 0 saturated carbocycles. The Balaban J connectivity index is 1.67. The largest absolute Gasteiger partial charge is 0.494 e. The molecule has 2 aromatic carbocycles. The predicted octanol–water partition coefficient (Wildman–Crippen LogP) is 3.90. The van der Waals surface area contributed by atoms with Gasteiger partial charge in [-0.25, -0.2) is 0 Å². The first-order valence-electron chi connectivity index (χ1n) is 9.31. The van der Waals surface area contributed by atoms with Crippen LogP contribution in [0, 0.1) is 0 Å². The van der Waals surface area contributed by atoms with Gasteiger partial charge in [-0.3, -0.25) is 4.99 Å². The lowest BCUT2D eigenvalue weighted by Crippen LogP contribution is -2.37. The first kappa shape index (κ1) is 22.5. The van der Waals surface area contributed by atoms with Crippen molar-refractivity contribution in [2.45, 2.75) is 25.7 Å². The third-order valence-electron chi connectivity index (χ3n) is 3.83. The monoisotopic (exact) mass is 409 g/mol. The summed E-state index contributed by atoms with van der Waals surface area (Å²) in [4.78, 5) is 4.16. The highest BCUT2D eigenvalue weighted by Gasteiger charge is 2.27. The van der Waals surface area contributed by atoms with Gasteiger partial charge in [0.2, 0.25) is 0 Å². The van der Waals surface area contributed by atoms with Crippen molar-refractivity contribution in [2.24, 2.45) is 4.99 Å². The maximum Gasteiger partial charge on any atom is 0.411 e. The minimum Gasteiger partial charge on any atom is -0.494 e. The molecular formula is C21H26F3N3O2. The van der Waals surface area contributed by atoms with Crippen molar-refractivity contribution in [3.8, 4) is 5.75 Å². The third-order valence-corrected chi connectivity index (χ3v) is 3.83. The average molecular weight is 409 g/mol. The van der Waals surface area contributed by atoms with Crippen molar-refractivity contribution in [3.05, 3.63) is 65.7 Å². The van der Waals surface area contributed by atoms with Gasteiger partial charge in [-0.15, -0.1) is 0 Å². The quantitative estimate of drug-likeness (QED) is 0.355. The molecule has 0 aromatic heterocycles. The topological polar surface area (TPSA) is 54.9 Å². The summed E-state index contributed by atoms with van der Waals surface area (Å²) in [7, 11) is 1.68. The Hall–Kier alpha value is -2.74. The molecule has 0 aliphatic heterocycles. The number of alkyl halides is 3. The zero-order valence-electron chi connectivity index (χ0n) is 16.3. The van der Waals surface area contributed by atoms with Crippen molar-refractivity contribution >= 4 is 5.96 Å². The van der Waals surface area contributed by atoms with Crippen LogP contribution in [0.1, 0.15) is 17.5 Å². The van der Waals surface area contributed by atoms with E-state index in [4.69, 9.17) is 9.47 Å². The van der Waals surface area contributed by atoms with E-state index in [0.29, 0.717) is 31.2 Å². The summed E-state index contributed by atoms with van der Waals surface area (Å²) in [6, 6.07) is 16.8. The van der Waals surface area contributed by atoms with Gasteiger partial charge in [0.15, 0.2) is 5.96 Å². The standard InChI is InChI=1S/C21H26F3N3O2/c1-25-20(26-11-6-12-29-19-9-3-2-4-10-19)27-14-17-7-5-8-18(13-17)15-28-16-21(22,23)24/h2-5,7-10,13H,6,11-12,14-16H2,1H3,(H2,25,26,27). The first-order chi connectivity index (χ1) is 14.0. The van der Waals surface area contributed by atoms with Gasteiger partial charge in [0.25, 0.3) is 0 Å². The van der Waals surface area contributed by atoms with Crippen LogP contribution in [-0.2, 0) is 17.9 Å². The van der Waals surface area contributed by atoms with E-state index in [1.165, 1.54) is 0 Å². The molecule has 0 bridgehead atoms. The minimum absolute atomic E-state index is 0.0816. The molecule has 158 valence electrons. The molecule has 2 rings (SSSR count). The minimum atomic E-state index is -4.32. The highest BCUT2D eigenvalue weighted by Crippen LogP contribution is 2.16. The van der Waals surface area contributed by atoms with Crippen LogP contribution in [0.5, 0.6) is 5.75 Å². The van der Waals surface area contributed by atoms with Gasteiger partial charge >= 0.3 is 6.18 Å². The predicted molar refractivity (Wildman–Crippen MR) is 107 cm³/mol. The number of halogens is 3. The molecule has 0 spiro atoms. The second-order valence-electron chi connectivity index (χ2n) is 6.30. The van der Waals surface area contributed by atoms with Crippen LogP contribution < -0.4 is 15.4 Å². The Labute approximate surface area is 168 Å². The van der Waals surface area contributed by atoms with E-state index in [1.807, 2.05) is 42.5 Å². The number of para-hydroxylation sites is 1. The summed E-state index contributed by atoms with van der Waals surface area (Å²) in [6.07, 6.45) is -3.51. The molecule has 0 fully saturated rings. The summed E-state index contributed by atoms with van der Waals surface area (Å²) in [5, 5.41) is 6.38. The van der Waals surface area contributed by atoms with Crippen LogP contribution >= 0.6 is 0 Å². The molecular weight excluding hydrogens is 383 g/mol. The van der Waals surface area contributed by atoms with E-state index >= 15 is 0 Å². The number of nitrogens with zero attached hydrogens (tertiary/aromatic N) is 1. The Kier molecular flexibility index (Phi) is 9.30. The van der Waals surface area contributed by atoms with E-state index in [2.05, 4.69) is 15.6 Å². The van der Waals surface area contributed by atoms with Crippen molar-refractivity contribution in [1.82, 2.24) is 10.6 Å². The third kappa shape index (κ3) is 9.84. The molecule has 0 saturated heterocycles. The second-order valence-corrected chi connectivity index (χ2v) is 6.30. The molecule has 8 heteroatoms. The lowest BCUT2D eigenvalue weighted by atomic mass is 10.1. The van der Waals surface area contributed by atoms with E-state index < -0.39 is 12.8 Å². The number of guanidine groups is 1. The highest BCUT2D eigenvalue weighted by atomic mass is 19.4. The van der Waals surface area contributed by atoms with Crippen LogP contribution in [0.25, 0.3) is 0 Å². The van der Waals surface area contributed by atoms with Crippen LogP contribution in [0.4, 0.5) is 13.2 Å². The zero-order chi connectivity index (χ0) is 21.0. The number of aliphatic imine (C=N–C) groups is 1. The van der Waals surface area contributed by atoms with E-state index in [1.54, 1.807) is 19.2 Å². The van der Waals surface area contributed by atoms with Gasteiger partial charge in [0.05, 0.1) is 13.2 Å². The molecule has 0 unspecified atom stereocenters. The lowest BCUT2D eigenvalue weighted by molar-refractivity contribution is -0.176. The Morgan fingerprint density at radius 2 is 1.76 bits per heavy atom. The fourth-order valence-electron chi connectivity index (χ4n) is 2.51. The number of nitrogens with one attached hydrogen (secondary N) is 2. The summed E-state index contributed by atoms with van der Waals surface area (Å²) in [5.74, 6) is 1.48. The Morgan fingerprint density at radius 1 is 1.00 bits per heavy atom. The SMILES string of the molecule is CN=C(NCCCOc1ccccc1)NCc1cccc(COCC(F)(F)F)c1. The van der Waals surface area contributed by atoms with Gasteiger partial charge < -0.3 is 20.1 Å². The van der Waals surface area contributed by atoms with Crippen molar-refractivity contribution in [2.75, 3.05) is 26.8 Å². The van der Waals surface area contributed by atoms with Crippen LogP contribution in [0.2, 0.25) is 0 Å². The fourth-order valence-corrected chi connectivity index (χ4v) is 2.51. The van der Waals surface area contributed by atoms with E-state index in [0.717, 1.165) is 17.7 Å². The molecule has 0 atom stereocenters. The van der Waals surface area contributed by atoms with Gasteiger partial charge in [0, 0.05) is 20.1 Å². The summed E-state index contributed by atoms with van der Waals surface area (Å²) in [6.45, 7) is 0.445. The van der Waals surface area contributed by atoms with Crippen LogP contribution in [0.3, 0.4) is 0 Å². The highest BCUT2D eigenvalue weighted by molar-refractivity contribution is 5.79. The number of ether oxygens (including phenoxy) is 2. The number of hydrogen-bond donors (Lipinski definition) is 2. The number of hydrogen-bond acceptors (Lipinski definition) is 3. The molecule has 0 aliphatic carbocycles. The molecule has 0 radical (unpaired) electrons. The van der Waals surface area contributed by atoms with Crippen molar-refractivity contribution < 1.29 is 22.6 Å². The molecule has 0 amide bonds. The smallest absolute Gasteiger partial charge is 0.411 e. The first-order valence-corrected chi connectivity index (χ1v) is 9.31. The molecule has 2 aromatic rings. The summed E-state index contributed by atoms with van der Waals surface area (Å²) in [5.41, 5.74) is 1.61. The summed E-state index contributed by atoms with van der Waals surface area (Å²) >= 11 is 0. The lowest BCUT2D eigenvalue weighted by Gasteiger charge is -2.13. The van der Waals surface area contributed by atoms with Crippen molar-refractivity contribution in [1.29, 1.82) is 0 Å². The Bertz CT molecular complexity index is 752. The maximum atomic E-state index is 12.2. The van der Waals surface area contributed by atoms with Crippen molar-refractivity contribution in [3.63, 3.8) is 0 Å².